The highest BCUT2D eigenvalue weighted by Crippen LogP contribution is 2.59. The van der Waals surface area contributed by atoms with Crippen LogP contribution in [0.25, 0.3) is 0 Å². The monoisotopic (exact) mass is 273 g/mol. The number of anilines is 1. The molecule has 2 aliphatic heterocycles. The van der Waals surface area contributed by atoms with Crippen LogP contribution in [0.1, 0.15) is 5.69 Å². The van der Waals surface area contributed by atoms with Crippen LogP contribution in [0.2, 0.25) is 5.15 Å². The van der Waals surface area contributed by atoms with Gasteiger partial charge in [-0.15, -0.1) is 0 Å². The molecule has 0 atom stereocenters. The summed E-state index contributed by atoms with van der Waals surface area (Å²) in [5, 5.41) is 3.33. The Balaban J connectivity index is 1.87. The smallest absolute Gasteiger partial charge is 0.281 e. The first-order valence-electron chi connectivity index (χ1n) is 5.48. The summed E-state index contributed by atoms with van der Waals surface area (Å²) in [6, 6.07) is 1.67. The molecule has 92 valence electrons. The number of nitrogens with zero attached hydrogens (tertiary/aromatic N) is 4. The van der Waals surface area contributed by atoms with Crippen molar-refractivity contribution in [2.75, 3.05) is 31.3 Å². The highest BCUT2D eigenvalue weighted by Gasteiger charge is 2.48. The van der Waals surface area contributed by atoms with Crippen molar-refractivity contribution in [3.8, 4) is 0 Å². The minimum atomic E-state index is -2.67. The van der Waals surface area contributed by atoms with E-state index in [1.807, 2.05) is 16.3 Å². The summed E-state index contributed by atoms with van der Waals surface area (Å²) in [6.45, 7) is 5.28. The number of aryl methyl sites for hydroxylation is 1. The highest BCUT2D eigenvalue weighted by atomic mass is 35.5. The second-order valence-corrected chi connectivity index (χ2v) is 7.05. The maximum atomic E-state index is 12.7. The molecule has 0 unspecified atom stereocenters. The largest absolute Gasteiger partial charge is 0.311 e. The lowest BCUT2D eigenvalue weighted by atomic mass is 10.5. The van der Waals surface area contributed by atoms with Gasteiger partial charge in [-0.1, -0.05) is 11.6 Å². The molecular weight excluding hydrogens is 261 g/mol. The molecule has 0 aliphatic carbocycles. The molecule has 0 radical (unpaired) electrons. The molecular formula is C9H13ClN5OP. The van der Waals surface area contributed by atoms with Gasteiger partial charge in [0.25, 0.3) is 0 Å². The number of hydrogen-bond acceptors (Lipinski definition) is 3. The van der Waals surface area contributed by atoms with Gasteiger partial charge in [0.15, 0.2) is 0 Å². The van der Waals surface area contributed by atoms with Gasteiger partial charge in [0, 0.05) is 31.9 Å². The Labute approximate surface area is 105 Å². The molecule has 6 nitrogen and oxygen atoms in total. The van der Waals surface area contributed by atoms with E-state index >= 15 is 0 Å². The summed E-state index contributed by atoms with van der Waals surface area (Å²) >= 11 is 5.86. The summed E-state index contributed by atoms with van der Waals surface area (Å²) in [7, 11) is -2.67. The lowest BCUT2D eigenvalue weighted by Gasteiger charge is -2.20. The molecule has 0 bridgehead atoms. The van der Waals surface area contributed by atoms with E-state index in [9.17, 15) is 4.57 Å². The van der Waals surface area contributed by atoms with Crippen molar-refractivity contribution in [3.05, 3.63) is 16.9 Å². The molecule has 1 aromatic rings. The van der Waals surface area contributed by atoms with Crippen molar-refractivity contribution >= 4 is 25.1 Å². The number of aromatic nitrogens is 2. The number of rotatable bonds is 4. The first-order chi connectivity index (χ1) is 8.08. The number of hydrogen-bond donors (Lipinski definition) is 1. The topological polar surface area (TPSA) is 60.9 Å². The number of halogens is 1. The Bertz CT molecular complexity index is 466. The van der Waals surface area contributed by atoms with Crippen LogP contribution in [0.5, 0.6) is 0 Å². The zero-order chi connectivity index (χ0) is 12.0. The van der Waals surface area contributed by atoms with Gasteiger partial charge < -0.3 is 0 Å². The van der Waals surface area contributed by atoms with Gasteiger partial charge in [0.2, 0.25) is 5.95 Å². The highest BCUT2D eigenvalue weighted by molar-refractivity contribution is 7.61. The molecule has 3 heterocycles. The average molecular weight is 274 g/mol. The molecule has 2 fully saturated rings. The van der Waals surface area contributed by atoms with Crippen LogP contribution >= 0.6 is 19.2 Å². The van der Waals surface area contributed by atoms with Gasteiger partial charge in [-0.05, 0) is 13.0 Å². The second kappa shape index (κ2) is 3.92. The second-order valence-electron chi connectivity index (χ2n) is 4.22. The van der Waals surface area contributed by atoms with Crippen molar-refractivity contribution in [3.63, 3.8) is 0 Å². The third-order valence-electron chi connectivity index (χ3n) is 2.68. The SMILES string of the molecule is Cc1cc(Cl)nc(NP(=O)(N2CC2)N2CC2)n1. The van der Waals surface area contributed by atoms with E-state index in [-0.39, 0.29) is 0 Å². The molecule has 0 saturated carbocycles. The van der Waals surface area contributed by atoms with Gasteiger partial charge in [-0.25, -0.2) is 19.3 Å². The van der Waals surface area contributed by atoms with Crippen LogP contribution < -0.4 is 5.09 Å². The van der Waals surface area contributed by atoms with E-state index in [2.05, 4.69) is 15.1 Å². The molecule has 0 amide bonds. The van der Waals surface area contributed by atoms with E-state index in [4.69, 9.17) is 11.6 Å². The third-order valence-corrected chi connectivity index (χ3v) is 5.70. The maximum absolute atomic E-state index is 12.7. The summed E-state index contributed by atoms with van der Waals surface area (Å²) in [5.41, 5.74) is 0.760. The molecule has 2 aliphatic rings. The van der Waals surface area contributed by atoms with E-state index in [0.29, 0.717) is 11.1 Å². The fourth-order valence-corrected chi connectivity index (χ4v) is 4.16. The van der Waals surface area contributed by atoms with Gasteiger partial charge in [0.1, 0.15) is 5.15 Å². The van der Waals surface area contributed by atoms with Gasteiger partial charge in [0.05, 0.1) is 0 Å². The zero-order valence-corrected chi connectivity index (χ0v) is 11.1. The molecule has 2 saturated heterocycles. The lowest BCUT2D eigenvalue weighted by Crippen LogP contribution is -2.14. The predicted octanol–water partition coefficient (Wildman–Crippen LogP) is 1.59. The van der Waals surface area contributed by atoms with Crippen LogP contribution in [0.4, 0.5) is 5.95 Å². The van der Waals surface area contributed by atoms with Crippen LogP contribution in [0, 0.1) is 6.92 Å². The summed E-state index contributed by atoms with van der Waals surface area (Å²) < 4.78 is 16.6. The molecule has 8 heteroatoms. The van der Waals surface area contributed by atoms with Crippen molar-refractivity contribution < 1.29 is 4.57 Å². The standard InChI is InChI=1S/C9H13ClN5OP/c1-7-6-8(10)12-9(11-7)13-17(16,14-2-3-14)15-4-5-15/h6H,2-5H2,1H3,(H,11,12,13,16). The van der Waals surface area contributed by atoms with Crippen LogP contribution in [0.3, 0.4) is 0 Å². The molecule has 1 N–H and O–H groups in total. The van der Waals surface area contributed by atoms with Gasteiger partial charge in [-0.3, -0.25) is 9.65 Å². The Morgan fingerprint density at radius 1 is 1.29 bits per heavy atom. The third kappa shape index (κ3) is 2.31. The van der Waals surface area contributed by atoms with Crippen molar-refractivity contribution in [2.45, 2.75) is 6.92 Å². The van der Waals surface area contributed by atoms with Crippen molar-refractivity contribution in [1.82, 2.24) is 19.3 Å². The van der Waals surface area contributed by atoms with Crippen molar-refractivity contribution in [2.24, 2.45) is 0 Å². The van der Waals surface area contributed by atoms with E-state index in [0.717, 1.165) is 31.9 Å². The first-order valence-corrected chi connectivity index (χ1v) is 7.47. The Morgan fingerprint density at radius 3 is 2.35 bits per heavy atom. The molecule has 0 aromatic carbocycles. The molecule has 1 aromatic heterocycles. The summed E-state index contributed by atoms with van der Waals surface area (Å²) in [6.07, 6.45) is 0. The summed E-state index contributed by atoms with van der Waals surface area (Å²) in [5.74, 6) is 0.345. The Hall–Kier alpha value is -0.680. The quantitative estimate of drug-likeness (QED) is 0.511. The van der Waals surface area contributed by atoms with Crippen LogP contribution in [-0.2, 0) is 4.57 Å². The van der Waals surface area contributed by atoms with E-state index < -0.39 is 7.59 Å². The zero-order valence-electron chi connectivity index (χ0n) is 9.43. The predicted molar refractivity (Wildman–Crippen MR) is 66.2 cm³/mol. The number of nitrogens with one attached hydrogen (secondary N) is 1. The Morgan fingerprint density at radius 2 is 1.88 bits per heavy atom. The van der Waals surface area contributed by atoms with Gasteiger partial charge in [-0.2, -0.15) is 0 Å². The van der Waals surface area contributed by atoms with E-state index in [1.54, 1.807) is 6.07 Å². The maximum Gasteiger partial charge on any atom is 0.311 e. The minimum Gasteiger partial charge on any atom is -0.281 e. The fraction of sp³-hybridized carbons (Fsp3) is 0.556. The van der Waals surface area contributed by atoms with Crippen LogP contribution in [0.15, 0.2) is 6.07 Å². The van der Waals surface area contributed by atoms with E-state index in [1.165, 1.54) is 0 Å². The average Bonchev–Trinajstić information content (AvgIpc) is 3.09. The Kier molecular flexibility index (Phi) is 2.63. The van der Waals surface area contributed by atoms with Crippen LogP contribution in [-0.4, -0.2) is 45.5 Å². The lowest BCUT2D eigenvalue weighted by molar-refractivity contribution is 0.523. The first kappa shape index (κ1) is 11.4. The van der Waals surface area contributed by atoms with Gasteiger partial charge >= 0.3 is 7.59 Å². The molecule has 0 spiro atoms. The normalized spacial score (nSPS) is 20.4. The minimum absolute atomic E-state index is 0.345. The molecule has 17 heavy (non-hydrogen) atoms. The van der Waals surface area contributed by atoms with Crippen molar-refractivity contribution in [1.29, 1.82) is 0 Å². The summed E-state index contributed by atoms with van der Waals surface area (Å²) in [4.78, 5) is 8.26. The fourth-order valence-electron chi connectivity index (χ4n) is 1.66. The molecule has 3 rings (SSSR count).